The van der Waals surface area contributed by atoms with Gasteiger partial charge in [-0.1, -0.05) is 18.2 Å². The number of phenols is 1. The fourth-order valence-electron chi connectivity index (χ4n) is 4.22. The summed E-state index contributed by atoms with van der Waals surface area (Å²) in [5.74, 6) is -0.563. The van der Waals surface area contributed by atoms with Gasteiger partial charge in [-0.15, -0.1) is 10.2 Å². The van der Waals surface area contributed by atoms with Crippen molar-refractivity contribution < 1.29 is 44.0 Å². The molecule has 38 heavy (non-hydrogen) atoms. The molecule has 16 heteroatoms. The van der Waals surface area contributed by atoms with E-state index >= 15 is 0 Å². The summed E-state index contributed by atoms with van der Waals surface area (Å²) < 4.78 is 101. The number of rotatable bonds is 5. The molecule has 0 saturated heterocycles. The highest BCUT2D eigenvalue weighted by molar-refractivity contribution is 7.86. The molecule has 13 nitrogen and oxygen atoms in total. The van der Waals surface area contributed by atoms with Crippen LogP contribution in [0.2, 0.25) is 0 Å². The number of fused-ring (bicyclic) bond motifs is 2. The smallest absolute Gasteiger partial charge is 0.297 e. The lowest BCUT2D eigenvalue weighted by atomic mass is 10.0. The van der Waals surface area contributed by atoms with Crippen LogP contribution in [0.4, 0.5) is 17.1 Å². The largest absolute Gasteiger partial charge is 0.505 e. The van der Waals surface area contributed by atoms with Crippen molar-refractivity contribution in [1.29, 1.82) is 0 Å². The molecular weight excluding hydrogens is 562 g/mol. The van der Waals surface area contributed by atoms with Gasteiger partial charge in [0.05, 0.1) is 5.69 Å². The number of hydrogen-bond donors (Lipinski definition) is 5. The molecule has 0 aliphatic heterocycles. The number of benzene rings is 4. The normalized spacial score (nSPS) is 13.1. The van der Waals surface area contributed by atoms with Gasteiger partial charge in [-0.25, -0.2) is 0 Å². The van der Waals surface area contributed by atoms with Crippen LogP contribution < -0.4 is 5.73 Å². The highest BCUT2D eigenvalue weighted by atomic mass is 32.2. The van der Waals surface area contributed by atoms with Crippen LogP contribution >= 0.6 is 0 Å². The first-order valence-electron chi connectivity index (χ1n) is 10.4. The fourth-order valence-corrected chi connectivity index (χ4v) is 6.80. The van der Waals surface area contributed by atoms with E-state index < -0.39 is 56.5 Å². The van der Waals surface area contributed by atoms with E-state index in [1.807, 2.05) is 0 Å². The lowest BCUT2D eigenvalue weighted by molar-refractivity contribution is 0.480. The van der Waals surface area contributed by atoms with Gasteiger partial charge in [0.2, 0.25) is 0 Å². The first kappa shape index (κ1) is 27.4. The predicted octanol–water partition coefficient (Wildman–Crippen LogP) is 4.05. The van der Waals surface area contributed by atoms with E-state index in [0.717, 1.165) is 12.1 Å². The van der Waals surface area contributed by atoms with Crippen molar-refractivity contribution in [2.75, 3.05) is 5.73 Å². The van der Waals surface area contributed by atoms with Gasteiger partial charge in [-0.2, -0.15) is 25.3 Å². The highest BCUT2D eigenvalue weighted by Crippen LogP contribution is 2.43. The van der Waals surface area contributed by atoms with Crippen LogP contribution in [-0.4, -0.2) is 44.0 Å². The van der Waals surface area contributed by atoms with Gasteiger partial charge in [0.1, 0.15) is 26.1 Å². The minimum Gasteiger partial charge on any atom is -0.505 e. The Hall–Kier alpha value is -3.67. The average Bonchev–Trinajstić information content (AvgIpc) is 2.75. The monoisotopic (exact) mass is 581 g/mol. The Morgan fingerprint density at radius 2 is 1.16 bits per heavy atom. The number of phenolic OH excluding ortho intramolecular Hbond substituents is 1. The Labute approximate surface area is 216 Å². The molecule has 0 heterocycles. The molecule has 0 unspecified atom stereocenters. The van der Waals surface area contributed by atoms with Gasteiger partial charge in [0, 0.05) is 21.5 Å². The minimum absolute atomic E-state index is 0.0619. The van der Waals surface area contributed by atoms with Crippen molar-refractivity contribution in [2.45, 2.75) is 28.5 Å². The van der Waals surface area contributed by atoms with Crippen LogP contribution in [0.3, 0.4) is 0 Å². The molecule has 0 amide bonds. The zero-order chi connectivity index (χ0) is 28.4. The van der Waals surface area contributed by atoms with Gasteiger partial charge >= 0.3 is 0 Å². The van der Waals surface area contributed by atoms with Crippen LogP contribution in [0.15, 0.2) is 67.4 Å². The summed E-state index contributed by atoms with van der Waals surface area (Å²) in [6.45, 7) is 2.81. The molecule has 4 rings (SSSR count). The van der Waals surface area contributed by atoms with Crippen molar-refractivity contribution in [3.05, 3.63) is 53.6 Å². The number of anilines is 1. The molecule has 200 valence electrons. The van der Waals surface area contributed by atoms with Crippen LogP contribution in [0.25, 0.3) is 21.5 Å². The summed E-state index contributed by atoms with van der Waals surface area (Å²) in [5.41, 5.74) is 5.09. The van der Waals surface area contributed by atoms with Crippen molar-refractivity contribution in [2.24, 2.45) is 10.2 Å². The Morgan fingerprint density at radius 3 is 1.74 bits per heavy atom. The van der Waals surface area contributed by atoms with E-state index in [-0.39, 0.29) is 44.0 Å². The third-order valence-corrected chi connectivity index (χ3v) is 8.72. The standard InChI is InChI=1S/C22H19N3O10S3/c1-10-3-4-14-13(20(10)36(27,28)29)6-8-17(22(14)38(33,34)35)24-25-18-11(2)9-15-12(19(18)26)5-7-16(23)21(15)37(30,31)32/h3-9,26H,23H2,1-2H3,(H,27,28,29)(H,30,31,32)(H,33,34,35). The Kier molecular flexibility index (Phi) is 6.46. The van der Waals surface area contributed by atoms with Crippen LogP contribution in [0, 0.1) is 13.8 Å². The predicted molar refractivity (Wildman–Crippen MR) is 137 cm³/mol. The van der Waals surface area contributed by atoms with Gasteiger partial charge in [-0.05, 0) is 49.2 Å². The number of nitrogens with zero attached hydrogens (tertiary/aromatic N) is 2. The highest BCUT2D eigenvalue weighted by Gasteiger charge is 2.26. The van der Waals surface area contributed by atoms with Crippen molar-refractivity contribution >= 4 is 69.0 Å². The molecule has 0 atom stereocenters. The summed E-state index contributed by atoms with van der Waals surface area (Å²) in [4.78, 5) is -1.98. The molecule has 0 aromatic heterocycles. The van der Waals surface area contributed by atoms with Crippen molar-refractivity contribution in [3.63, 3.8) is 0 Å². The van der Waals surface area contributed by atoms with Crippen LogP contribution in [-0.2, 0) is 30.4 Å². The van der Waals surface area contributed by atoms with E-state index in [1.165, 1.54) is 44.2 Å². The van der Waals surface area contributed by atoms with Gasteiger partial charge < -0.3 is 10.8 Å². The molecule has 0 bridgehead atoms. The molecule has 0 saturated carbocycles. The number of azo groups is 1. The number of aryl methyl sites for hydroxylation is 2. The first-order chi connectivity index (χ1) is 17.4. The Balaban J connectivity index is 2.00. The molecule has 0 aliphatic carbocycles. The molecule has 4 aromatic rings. The van der Waals surface area contributed by atoms with E-state index in [9.17, 15) is 44.0 Å². The third-order valence-electron chi connectivity index (χ3n) is 5.75. The first-order valence-corrected chi connectivity index (χ1v) is 14.7. The van der Waals surface area contributed by atoms with E-state index in [0.29, 0.717) is 0 Å². The van der Waals surface area contributed by atoms with Crippen LogP contribution in [0.5, 0.6) is 5.75 Å². The lowest BCUT2D eigenvalue weighted by Crippen LogP contribution is -2.05. The second kappa shape index (κ2) is 8.97. The van der Waals surface area contributed by atoms with Crippen molar-refractivity contribution in [3.8, 4) is 5.75 Å². The maximum absolute atomic E-state index is 12.3. The number of nitrogen functional groups attached to an aromatic ring is 1. The van der Waals surface area contributed by atoms with Crippen LogP contribution in [0.1, 0.15) is 11.1 Å². The van der Waals surface area contributed by atoms with Gasteiger partial charge in [0.25, 0.3) is 30.4 Å². The summed E-state index contributed by atoms with van der Waals surface area (Å²) in [5, 5.41) is 17.9. The SMILES string of the molecule is Cc1cc2c(S(=O)(=O)O)c(N)ccc2c(O)c1N=Nc1ccc2c(S(=O)(=O)O)c(C)ccc2c1S(=O)(=O)O. The maximum Gasteiger partial charge on any atom is 0.297 e. The molecule has 0 radical (unpaired) electrons. The van der Waals surface area contributed by atoms with Crippen molar-refractivity contribution in [1.82, 2.24) is 0 Å². The summed E-state index contributed by atoms with van der Waals surface area (Å²) in [6.07, 6.45) is 0. The third kappa shape index (κ3) is 4.68. The van der Waals surface area contributed by atoms with Gasteiger partial charge in [0.15, 0.2) is 5.75 Å². The fraction of sp³-hybridized carbons (Fsp3) is 0.0909. The lowest BCUT2D eigenvalue weighted by Gasteiger charge is -2.13. The second-order valence-electron chi connectivity index (χ2n) is 8.32. The molecule has 6 N–H and O–H groups in total. The van der Waals surface area contributed by atoms with E-state index in [1.54, 1.807) is 0 Å². The van der Waals surface area contributed by atoms with E-state index in [2.05, 4.69) is 10.2 Å². The molecule has 0 spiro atoms. The topological polar surface area (TPSA) is 234 Å². The molecular formula is C22H19N3O10S3. The second-order valence-corrected chi connectivity index (χ2v) is 12.4. The van der Waals surface area contributed by atoms with Gasteiger partial charge in [-0.3, -0.25) is 13.7 Å². The number of nitrogens with two attached hydrogens (primary N) is 1. The summed E-state index contributed by atoms with van der Waals surface area (Å²) >= 11 is 0. The average molecular weight is 582 g/mol. The van der Waals surface area contributed by atoms with E-state index in [4.69, 9.17) is 5.73 Å². The summed E-state index contributed by atoms with van der Waals surface area (Å²) in [6, 6.07) is 8.38. The zero-order valence-electron chi connectivity index (χ0n) is 19.5. The minimum atomic E-state index is -5.02. The number of aromatic hydroxyl groups is 1. The molecule has 4 aromatic carbocycles. The molecule has 0 aliphatic rings. The molecule has 0 fully saturated rings. The Bertz CT molecular complexity index is 2040. The summed E-state index contributed by atoms with van der Waals surface area (Å²) in [7, 11) is -14.6. The Morgan fingerprint density at radius 1 is 0.632 bits per heavy atom. The quantitative estimate of drug-likeness (QED) is 0.128. The maximum atomic E-state index is 12.3. The number of hydrogen-bond acceptors (Lipinski definition) is 10. The zero-order valence-corrected chi connectivity index (χ0v) is 21.9.